The molecule has 1 aliphatic heterocycles. The van der Waals surface area contributed by atoms with Gasteiger partial charge >= 0.3 is 0 Å². The van der Waals surface area contributed by atoms with E-state index in [2.05, 4.69) is 6.92 Å². The summed E-state index contributed by atoms with van der Waals surface area (Å²) in [5.41, 5.74) is 8.80. The number of nitrogens with two attached hydrogens (primary N) is 1. The summed E-state index contributed by atoms with van der Waals surface area (Å²) in [5.74, 6) is 1.19. The third-order valence-electron chi connectivity index (χ3n) is 3.55. The molecule has 4 heteroatoms. The van der Waals surface area contributed by atoms with Crippen LogP contribution in [-0.2, 0) is 0 Å². The van der Waals surface area contributed by atoms with Crippen molar-refractivity contribution in [3.05, 3.63) is 47.5 Å². The van der Waals surface area contributed by atoms with Crippen molar-refractivity contribution in [1.82, 2.24) is 0 Å². The highest BCUT2D eigenvalue weighted by molar-refractivity contribution is 6.10. The Hall–Kier alpha value is -2.49. The molecule has 3 rings (SSSR count). The van der Waals surface area contributed by atoms with E-state index in [1.165, 1.54) is 0 Å². The molecule has 0 atom stereocenters. The molecule has 2 N–H and O–H groups in total. The Morgan fingerprint density at radius 3 is 2.67 bits per heavy atom. The summed E-state index contributed by atoms with van der Waals surface area (Å²) >= 11 is 0. The largest absolute Gasteiger partial charge is 0.454 e. The first-order valence-electron chi connectivity index (χ1n) is 7.10. The van der Waals surface area contributed by atoms with Crippen molar-refractivity contribution in [3.63, 3.8) is 0 Å². The van der Waals surface area contributed by atoms with Crippen molar-refractivity contribution >= 4 is 17.3 Å². The normalized spacial score (nSPS) is 13.2. The second-order valence-corrected chi connectivity index (χ2v) is 5.29. The van der Waals surface area contributed by atoms with E-state index in [0.29, 0.717) is 29.3 Å². The standard InChI is InChI=1S/C17H18N2O2/c1-3-8-19-14-9-11(2)4-6-16(14)21-15-7-5-12(18)10-13(15)17(19)20/h4-7,9-10H,3,8,18H2,1-2H3. The predicted octanol–water partition coefficient (Wildman–Crippen LogP) is 3.74. The summed E-state index contributed by atoms with van der Waals surface area (Å²) in [7, 11) is 0. The molecule has 0 unspecified atom stereocenters. The highest BCUT2D eigenvalue weighted by atomic mass is 16.5. The lowest BCUT2D eigenvalue weighted by atomic mass is 10.1. The van der Waals surface area contributed by atoms with Crippen LogP contribution in [0.25, 0.3) is 0 Å². The van der Waals surface area contributed by atoms with E-state index in [1.54, 1.807) is 23.1 Å². The zero-order chi connectivity index (χ0) is 15.0. The van der Waals surface area contributed by atoms with Gasteiger partial charge < -0.3 is 15.4 Å². The van der Waals surface area contributed by atoms with E-state index in [0.717, 1.165) is 17.7 Å². The quantitative estimate of drug-likeness (QED) is 0.854. The first-order valence-corrected chi connectivity index (χ1v) is 7.10. The summed E-state index contributed by atoms with van der Waals surface area (Å²) in [6.07, 6.45) is 0.872. The molecule has 0 saturated heterocycles. The molecule has 0 radical (unpaired) electrons. The Morgan fingerprint density at radius 2 is 1.90 bits per heavy atom. The van der Waals surface area contributed by atoms with Gasteiger partial charge in [0.25, 0.3) is 5.91 Å². The molecule has 4 nitrogen and oxygen atoms in total. The maximum Gasteiger partial charge on any atom is 0.262 e. The van der Waals surface area contributed by atoms with Gasteiger partial charge in [-0.1, -0.05) is 13.0 Å². The summed E-state index contributed by atoms with van der Waals surface area (Å²) in [6, 6.07) is 11.1. The molecular weight excluding hydrogens is 264 g/mol. The third-order valence-corrected chi connectivity index (χ3v) is 3.55. The van der Waals surface area contributed by atoms with Gasteiger partial charge in [0.05, 0.1) is 11.3 Å². The number of anilines is 2. The van der Waals surface area contributed by atoms with Crippen molar-refractivity contribution < 1.29 is 9.53 Å². The smallest absolute Gasteiger partial charge is 0.262 e. The first-order chi connectivity index (χ1) is 10.1. The average Bonchev–Trinajstić information content (AvgIpc) is 2.57. The molecule has 0 bridgehead atoms. The zero-order valence-electron chi connectivity index (χ0n) is 12.2. The van der Waals surface area contributed by atoms with Crippen LogP contribution in [0.5, 0.6) is 11.5 Å². The minimum atomic E-state index is -0.0662. The number of nitrogen functional groups attached to an aromatic ring is 1. The average molecular weight is 282 g/mol. The lowest BCUT2D eigenvalue weighted by Gasteiger charge is -2.21. The number of hydrogen-bond acceptors (Lipinski definition) is 3. The molecule has 0 spiro atoms. The highest BCUT2D eigenvalue weighted by Gasteiger charge is 2.27. The number of hydrogen-bond donors (Lipinski definition) is 1. The maximum absolute atomic E-state index is 12.8. The van der Waals surface area contributed by atoms with Gasteiger partial charge in [-0.15, -0.1) is 0 Å². The van der Waals surface area contributed by atoms with Crippen LogP contribution in [0.2, 0.25) is 0 Å². The van der Waals surface area contributed by atoms with Gasteiger partial charge in [0.1, 0.15) is 5.75 Å². The van der Waals surface area contributed by atoms with Gasteiger partial charge in [-0.25, -0.2) is 0 Å². The maximum atomic E-state index is 12.8. The number of ether oxygens (including phenoxy) is 1. The molecule has 1 heterocycles. The predicted molar refractivity (Wildman–Crippen MR) is 84.1 cm³/mol. The van der Waals surface area contributed by atoms with E-state index in [9.17, 15) is 4.79 Å². The van der Waals surface area contributed by atoms with Gasteiger partial charge in [-0.05, 0) is 49.2 Å². The third kappa shape index (κ3) is 2.33. The molecule has 0 aromatic heterocycles. The fourth-order valence-electron chi connectivity index (χ4n) is 2.55. The summed E-state index contributed by atoms with van der Waals surface area (Å²) in [6.45, 7) is 4.70. The number of rotatable bonds is 2. The second kappa shape index (κ2) is 5.13. The van der Waals surface area contributed by atoms with E-state index >= 15 is 0 Å². The molecule has 21 heavy (non-hydrogen) atoms. The van der Waals surface area contributed by atoms with Crippen LogP contribution in [0.3, 0.4) is 0 Å². The summed E-state index contributed by atoms with van der Waals surface area (Å²) in [5, 5.41) is 0. The first kappa shape index (κ1) is 13.5. The van der Waals surface area contributed by atoms with Crippen molar-refractivity contribution in [2.75, 3.05) is 17.2 Å². The highest BCUT2D eigenvalue weighted by Crippen LogP contribution is 2.39. The van der Waals surface area contributed by atoms with Crippen LogP contribution >= 0.6 is 0 Å². The van der Waals surface area contributed by atoms with Crippen molar-refractivity contribution in [3.8, 4) is 11.5 Å². The Balaban J connectivity index is 2.20. The number of fused-ring (bicyclic) bond motifs is 2. The van der Waals surface area contributed by atoms with Crippen molar-refractivity contribution in [1.29, 1.82) is 0 Å². The number of benzene rings is 2. The Bertz CT molecular complexity index is 710. The zero-order valence-corrected chi connectivity index (χ0v) is 12.2. The number of aryl methyl sites for hydroxylation is 1. The van der Waals surface area contributed by atoms with Crippen LogP contribution in [0.4, 0.5) is 11.4 Å². The lowest BCUT2D eigenvalue weighted by Crippen LogP contribution is -2.31. The molecule has 2 aromatic carbocycles. The fraction of sp³-hybridized carbons (Fsp3) is 0.235. The molecule has 0 aliphatic carbocycles. The SMILES string of the molecule is CCCN1C(=O)c2cc(N)ccc2Oc2ccc(C)cc21. The fourth-order valence-corrected chi connectivity index (χ4v) is 2.55. The number of carbonyl (C=O) groups is 1. The number of amides is 1. The topological polar surface area (TPSA) is 55.6 Å². The van der Waals surface area contributed by atoms with E-state index in [1.807, 2.05) is 25.1 Å². The Morgan fingerprint density at radius 1 is 1.14 bits per heavy atom. The van der Waals surface area contributed by atoms with Gasteiger partial charge in [-0.3, -0.25) is 4.79 Å². The van der Waals surface area contributed by atoms with Gasteiger partial charge in [0, 0.05) is 12.2 Å². The van der Waals surface area contributed by atoms with Gasteiger partial charge in [-0.2, -0.15) is 0 Å². The monoisotopic (exact) mass is 282 g/mol. The minimum Gasteiger partial charge on any atom is -0.454 e. The Labute approximate surface area is 124 Å². The van der Waals surface area contributed by atoms with E-state index in [-0.39, 0.29) is 5.91 Å². The van der Waals surface area contributed by atoms with Crippen molar-refractivity contribution in [2.45, 2.75) is 20.3 Å². The molecule has 108 valence electrons. The van der Waals surface area contributed by atoms with Crippen LogP contribution in [0, 0.1) is 6.92 Å². The molecule has 2 aromatic rings. The van der Waals surface area contributed by atoms with Gasteiger partial charge in [0.15, 0.2) is 5.75 Å². The lowest BCUT2D eigenvalue weighted by molar-refractivity contribution is 0.0987. The van der Waals surface area contributed by atoms with Crippen LogP contribution in [0.1, 0.15) is 29.3 Å². The summed E-state index contributed by atoms with van der Waals surface area (Å²) in [4.78, 5) is 14.6. The summed E-state index contributed by atoms with van der Waals surface area (Å²) < 4.78 is 5.94. The van der Waals surface area contributed by atoms with Crippen molar-refractivity contribution in [2.24, 2.45) is 0 Å². The van der Waals surface area contributed by atoms with E-state index < -0.39 is 0 Å². The van der Waals surface area contributed by atoms with Gasteiger partial charge in [0.2, 0.25) is 0 Å². The molecule has 1 aliphatic rings. The number of nitrogens with zero attached hydrogens (tertiary/aromatic N) is 1. The van der Waals surface area contributed by atoms with E-state index in [4.69, 9.17) is 10.5 Å². The molecular formula is C17H18N2O2. The molecule has 0 fully saturated rings. The molecule has 1 amide bonds. The Kier molecular flexibility index (Phi) is 3.29. The van der Waals surface area contributed by atoms with Crippen LogP contribution < -0.4 is 15.4 Å². The molecule has 0 saturated carbocycles. The van der Waals surface area contributed by atoms with Crippen LogP contribution in [0.15, 0.2) is 36.4 Å². The second-order valence-electron chi connectivity index (χ2n) is 5.29. The minimum absolute atomic E-state index is 0.0662. The number of carbonyl (C=O) groups excluding carboxylic acids is 1. The van der Waals surface area contributed by atoms with Crippen LogP contribution in [-0.4, -0.2) is 12.5 Å².